The fourth-order valence-electron chi connectivity index (χ4n) is 2.39. The highest BCUT2D eigenvalue weighted by Crippen LogP contribution is 2.30. The Bertz CT molecular complexity index is 324. The van der Waals surface area contributed by atoms with E-state index in [1.54, 1.807) is 4.90 Å². The topological polar surface area (TPSA) is 69.6 Å². The minimum absolute atomic E-state index is 0.0295. The molecule has 5 nitrogen and oxygen atoms in total. The Labute approximate surface area is 108 Å². The fourth-order valence-corrected chi connectivity index (χ4v) is 2.39. The van der Waals surface area contributed by atoms with E-state index in [1.165, 1.54) is 19.3 Å². The molecule has 2 amide bonds. The van der Waals surface area contributed by atoms with Gasteiger partial charge in [-0.3, -0.25) is 4.79 Å². The second kappa shape index (κ2) is 5.59. The molecule has 2 saturated carbocycles. The lowest BCUT2D eigenvalue weighted by Gasteiger charge is -2.33. The van der Waals surface area contributed by atoms with Crippen LogP contribution in [-0.2, 0) is 4.79 Å². The molecule has 0 aromatic carbocycles. The number of nitrogens with zero attached hydrogens (tertiary/aromatic N) is 1. The zero-order valence-corrected chi connectivity index (χ0v) is 10.9. The molecule has 0 aliphatic heterocycles. The van der Waals surface area contributed by atoms with Crippen molar-refractivity contribution in [1.82, 2.24) is 10.2 Å². The number of carboxylic acids is 1. The van der Waals surface area contributed by atoms with Crippen LogP contribution >= 0.6 is 0 Å². The molecule has 0 aromatic heterocycles. The molecule has 2 N–H and O–H groups in total. The third kappa shape index (κ3) is 3.37. The number of hydrogen-bond donors (Lipinski definition) is 2. The molecule has 5 heteroatoms. The van der Waals surface area contributed by atoms with Crippen LogP contribution in [0.4, 0.5) is 4.79 Å². The van der Waals surface area contributed by atoms with Crippen LogP contribution in [0.1, 0.15) is 45.4 Å². The van der Waals surface area contributed by atoms with Gasteiger partial charge in [0.2, 0.25) is 0 Å². The van der Waals surface area contributed by atoms with Gasteiger partial charge >= 0.3 is 12.0 Å². The van der Waals surface area contributed by atoms with E-state index in [4.69, 9.17) is 5.11 Å². The zero-order chi connectivity index (χ0) is 13.1. The maximum absolute atomic E-state index is 12.1. The molecular weight excluding hydrogens is 232 g/mol. The summed E-state index contributed by atoms with van der Waals surface area (Å²) in [5, 5.41) is 11.7. The van der Waals surface area contributed by atoms with Crippen LogP contribution in [0.2, 0.25) is 0 Å². The first-order chi connectivity index (χ1) is 8.58. The number of hydrogen-bond acceptors (Lipinski definition) is 2. The van der Waals surface area contributed by atoms with Crippen molar-refractivity contribution in [3.05, 3.63) is 0 Å². The predicted molar refractivity (Wildman–Crippen MR) is 67.3 cm³/mol. The largest absolute Gasteiger partial charge is 0.481 e. The Kier molecular flexibility index (Phi) is 4.09. The van der Waals surface area contributed by atoms with Crippen molar-refractivity contribution in [1.29, 1.82) is 0 Å². The Morgan fingerprint density at radius 2 is 2.00 bits per heavy atom. The maximum atomic E-state index is 12.1. The number of nitrogens with one attached hydrogen (secondary N) is 1. The van der Waals surface area contributed by atoms with Crippen molar-refractivity contribution in [3.63, 3.8) is 0 Å². The van der Waals surface area contributed by atoms with E-state index >= 15 is 0 Å². The molecule has 0 heterocycles. The van der Waals surface area contributed by atoms with Gasteiger partial charge in [-0.25, -0.2) is 4.79 Å². The summed E-state index contributed by atoms with van der Waals surface area (Å²) in [6.45, 7) is 2.37. The Balaban J connectivity index is 1.81. The van der Waals surface area contributed by atoms with E-state index in [2.05, 4.69) is 5.32 Å². The van der Waals surface area contributed by atoms with Crippen LogP contribution in [-0.4, -0.2) is 40.6 Å². The van der Waals surface area contributed by atoms with Gasteiger partial charge in [0.1, 0.15) is 0 Å². The van der Waals surface area contributed by atoms with E-state index in [-0.39, 0.29) is 24.5 Å². The Morgan fingerprint density at radius 1 is 1.33 bits per heavy atom. The molecule has 0 radical (unpaired) electrons. The van der Waals surface area contributed by atoms with Crippen LogP contribution < -0.4 is 5.32 Å². The van der Waals surface area contributed by atoms with Crippen LogP contribution in [0.5, 0.6) is 0 Å². The number of carbonyl (C=O) groups is 2. The van der Waals surface area contributed by atoms with Crippen LogP contribution in [0.15, 0.2) is 0 Å². The predicted octanol–water partition coefficient (Wildman–Crippen LogP) is 1.82. The van der Waals surface area contributed by atoms with Crippen LogP contribution in [0.3, 0.4) is 0 Å². The molecule has 0 bridgehead atoms. The Hall–Kier alpha value is -1.26. The van der Waals surface area contributed by atoms with Gasteiger partial charge in [-0.1, -0.05) is 6.42 Å². The number of rotatable bonds is 6. The molecule has 2 aliphatic rings. The lowest BCUT2D eigenvalue weighted by Crippen LogP contribution is -2.48. The third-order valence-electron chi connectivity index (χ3n) is 4.02. The molecule has 1 atom stereocenters. The summed E-state index contributed by atoms with van der Waals surface area (Å²) in [7, 11) is 0. The van der Waals surface area contributed by atoms with E-state index in [0.717, 1.165) is 12.8 Å². The molecule has 0 aromatic rings. The maximum Gasteiger partial charge on any atom is 0.317 e. The fraction of sp³-hybridized carbons (Fsp3) is 0.846. The summed E-state index contributed by atoms with van der Waals surface area (Å²) < 4.78 is 0. The van der Waals surface area contributed by atoms with Crippen molar-refractivity contribution < 1.29 is 14.7 Å². The summed E-state index contributed by atoms with van der Waals surface area (Å²) in [4.78, 5) is 24.4. The quantitative estimate of drug-likeness (QED) is 0.759. The molecule has 2 rings (SSSR count). The lowest BCUT2D eigenvalue weighted by molar-refractivity contribution is -0.137. The van der Waals surface area contributed by atoms with Crippen molar-refractivity contribution >= 4 is 12.0 Å². The first-order valence-electron chi connectivity index (χ1n) is 6.87. The molecule has 0 saturated heterocycles. The Morgan fingerprint density at radius 3 is 2.44 bits per heavy atom. The highest BCUT2D eigenvalue weighted by atomic mass is 16.4. The minimum atomic E-state index is -0.847. The van der Waals surface area contributed by atoms with Gasteiger partial charge in [0.15, 0.2) is 0 Å². The summed E-state index contributed by atoms with van der Waals surface area (Å²) in [6, 6.07) is 0.383. The highest BCUT2D eigenvalue weighted by molar-refractivity contribution is 5.76. The van der Waals surface area contributed by atoms with Crippen molar-refractivity contribution in [2.75, 3.05) is 6.54 Å². The monoisotopic (exact) mass is 254 g/mol. The number of urea groups is 1. The average Bonchev–Trinajstić information content (AvgIpc) is 2.98. The van der Waals surface area contributed by atoms with Crippen molar-refractivity contribution in [2.45, 2.75) is 57.5 Å². The van der Waals surface area contributed by atoms with E-state index in [1.807, 2.05) is 6.92 Å². The van der Waals surface area contributed by atoms with Gasteiger partial charge in [0.25, 0.3) is 0 Å². The second-order valence-corrected chi connectivity index (χ2v) is 5.50. The minimum Gasteiger partial charge on any atom is -0.481 e. The van der Waals surface area contributed by atoms with Crippen LogP contribution in [0.25, 0.3) is 0 Å². The van der Waals surface area contributed by atoms with Gasteiger partial charge in [0, 0.05) is 18.6 Å². The zero-order valence-electron chi connectivity index (χ0n) is 10.9. The van der Waals surface area contributed by atoms with E-state index in [0.29, 0.717) is 12.5 Å². The molecule has 2 fully saturated rings. The number of carbonyl (C=O) groups excluding carboxylic acids is 1. The number of carboxylic acid groups (broad SMARTS) is 1. The smallest absolute Gasteiger partial charge is 0.317 e. The molecule has 18 heavy (non-hydrogen) atoms. The van der Waals surface area contributed by atoms with Crippen molar-refractivity contribution in [2.24, 2.45) is 5.92 Å². The molecular formula is C13H22N2O3. The highest BCUT2D eigenvalue weighted by Gasteiger charge is 2.34. The number of aliphatic carboxylic acids is 1. The molecule has 2 aliphatic carbocycles. The normalized spacial score (nSPS) is 20.9. The average molecular weight is 254 g/mol. The third-order valence-corrected chi connectivity index (χ3v) is 4.02. The van der Waals surface area contributed by atoms with Gasteiger partial charge < -0.3 is 15.3 Å². The molecule has 102 valence electrons. The van der Waals surface area contributed by atoms with Crippen LogP contribution in [0, 0.1) is 5.92 Å². The SMILES string of the molecule is CC(NC(=O)N(CCC(=O)O)C1CC1)C1CCC1. The summed E-state index contributed by atoms with van der Waals surface area (Å²) in [5.74, 6) is -0.241. The summed E-state index contributed by atoms with van der Waals surface area (Å²) in [5.41, 5.74) is 0. The van der Waals surface area contributed by atoms with E-state index in [9.17, 15) is 9.59 Å². The summed E-state index contributed by atoms with van der Waals surface area (Å²) in [6.07, 6.45) is 5.69. The van der Waals surface area contributed by atoms with Gasteiger partial charge in [-0.05, 0) is 38.5 Å². The van der Waals surface area contributed by atoms with Gasteiger partial charge in [0.05, 0.1) is 6.42 Å². The molecule has 1 unspecified atom stereocenters. The first kappa shape index (κ1) is 13.2. The number of amides is 2. The standard InChI is InChI=1S/C13H22N2O3/c1-9(10-3-2-4-10)14-13(18)15(11-5-6-11)8-7-12(16)17/h9-11H,2-8H2,1H3,(H,14,18)(H,16,17). The van der Waals surface area contributed by atoms with E-state index < -0.39 is 5.97 Å². The lowest BCUT2D eigenvalue weighted by atomic mass is 9.80. The first-order valence-corrected chi connectivity index (χ1v) is 6.87. The van der Waals surface area contributed by atoms with Gasteiger partial charge in [-0.2, -0.15) is 0 Å². The van der Waals surface area contributed by atoms with Gasteiger partial charge in [-0.15, -0.1) is 0 Å². The van der Waals surface area contributed by atoms with Crippen molar-refractivity contribution in [3.8, 4) is 0 Å². The summed E-state index contributed by atoms with van der Waals surface area (Å²) >= 11 is 0. The second-order valence-electron chi connectivity index (χ2n) is 5.50. The molecule has 0 spiro atoms.